The fraction of sp³-hybridized carbons (Fsp3) is 0.308. The molecule has 0 saturated carbocycles. The summed E-state index contributed by atoms with van der Waals surface area (Å²) in [4.78, 5) is 48.3. The summed E-state index contributed by atoms with van der Waals surface area (Å²) in [5.74, 6) is -1.36. The van der Waals surface area contributed by atoms with Gasteiger partial charge in [0, 0.05) is 31.2 Å². The summed E-state index contributed by atoms with van der Waals surface area (Å²) in [6.07, 6.45) is 3.90. The average Bonchev–Trinajstić information content (AvgIpc) is 3.38. The van der Waals surface area contributed by atoms with Crippen molar-refractivity contribution in [1.82, 2.24) is 14.8 Å². The van der Waals surface area contributed by atoms with Crippen molar-refractivity contribution in [1.29, 1.82) is 0 Å². The van der Waals surface area contributed by atoms with Crippen LogP contribution in [0.15, 0.2) is 54.7 Å². The lowest BCUT2D eigenvalue weighted by molar-refractivity contribution is -0.145. The number of aromatic nitrogens is 1. The number of anilines is 1. The Balaban J connectivity index is 1.46. The van der Waals surface area contributed by atoms with Gasteiger partial charge < -0.3 is 9.80 Å². The van der Waals surface area contributed by atoms with E-state index in [4.69, 9.17) is 0 Å². The first-order valence-electron chi connectivity index (χ1n) is 11.5. The summed E-state index contributed by atoms with van der Waals surface area (Å²) in [5.41, 5.74) is 2.23. The highest BCUT2D eigenvalue weighted by molar-refractivity contribution is 6.11. The minimum atomic E-state index is -0.472. The van der Waals surface area contributed by atoms with Crippen molar-refractivity contribution < 1.29 is 18.8 Å². The zero-order chi connectivity index (χ0) is 23.7. The Morgan fingerprint density at radius 3 is 2.38 bits per heavy atom. The number of imide groups is 1. The van der Waals surface area contributed by atoms with Crippen LogP contribution in [-0.4, -0.2) is 65.2 Å². The van der Waals surface area contributed by atoms with Crippen LogP contribution in [0.25, 0.3) is 10.9 Å². The molecule has 0 unspecified atom stereocenters. The molecule has 3 heterocycles. The highest BCUT2D eigenvalue weighted by atomic mass is 19.1. The number of pyridine rings is 1. The monoisotopic (exact) mass is 460 g/mol. The topological polar surface area (TPSA) is 73.8 Å². The number of hydrogen-bond donors (Lipinski definition) is 0. The maximum Gasteiger partial charge on any atom is 0.257 e. The van der Waals surface area contributed by atoms with Gasteiger partial charge in [0.05, 0.1) is 29.9 Å². The van der Waals surface area contributed by atoms with Crippen molar-refractivity contribution >= 4 is 34.3 Å². The Labute approximate surface area is 196 Å². The van der Waals surface area contributed by atoms with Crippen molar-refractivity contribution in [2.45, 2.75) is 19.3 Å². The molecule has 2 aromatic carbocycles. The number of halogens is 1. The van der Waals surface area contributed by atoms with E-state index in [-0.39, 0.29) is 30.8 Å². The molecule has 2 saturated heterocycles. The molecule has 2 aliphatic rings. The van der Waals surface area contributed by atoms with Gasteiger partial charge in [0.2, 0.25) is 11.8 Å². The zero-order valence-corrected chi connectivity index (χ0v) is 18.7. The highest BCUT2D eigenvalue weighted by Gasteiger charge is 2.34. The molecular weight excluding hydrogens is 435 g/mol. The van der Waals surface area contributed by atoms with E-state index in [0.717, 1.165) is 18.4 Å². The van der Waals surface area contributed by atoms with Crippen LogP contribution in [-0.2, 0) is 16.0 Å². The quantitative estimate of drug-likeness (QED) is 0.548. The van der Waals surface area contributed by atoms with Gasteiger partial charge in [0.25, 0.3) is 5.91 Å². The van der Waals surface area contributed by atoms with Crippen molar-refractivity contribution in [3.63, 3.8) is 0 Å². The van der Waals surface area contributed by atoms with E-state index < -0.39 is 5.82 Å². The first-order valence-corrected chi connectivity index (χ1v) is 11.5. The van der Waals surface area contributed by atoms with Gasteiger partial charge >= 0.3 is 0 Å². The number of nitrogens with zero attached hydrogens (tertiary/aromatic N) is 4. The average molecular weight is 461 g/mol. The van der Waals surface area contributed by atoms with E-state index in [2.05, 4.69) is 4.98 Å². The number of benzene rings is 2. The first-order chi connectivity index (χ1) is 16.5. The fourth-order valence-electron chi connectivity index (χ4n) is 4.72. The highest BCUT2D eigenvalue weighted by Crippen LogP contribution is 2.33. The molecule has 0 aliphatic carbocycles. The third-order valence-corrected chi connectivity index (χ3v) is 6.46. The smallest absolute Gasteiger partial charge is 0.257 e. The normalized spacial score (nSPS) is 16.6. The third-order valence-electron chi connectivity index (χ3n) is 6.46. The molecule has 0 spiro atoms. The third kappa shape index (κ3) is 4.23. The zero-order valence-electron chi connectivity index (χ0n) is 18.7. The molecule has 0 N–H and O–H groups in total. The fourth-order valence-corrected chi connectivity index (χ4v) is 4.72. The van der Waals surface area contributed by atoms with Gasteiger partial charge in [-0.3, -0.25) is 24.3 Å². The van der Waals surface area contributed by atoms with Gasteiger partial charge in [-0.05, 0) is 43.0 Å². The number of hydrogen-bond acceptors (Lipinski definition) is 5. The predicted octanol–water partition coefficient (Wildman–Crippen LogP) is 3.03. The van der Waals surface area contributed by atoms with Gasteiger partial charge in [-0.2, -0.15) is 0 Å². The lowest BCUT2D eigenvalue weighted by Crippen LogP contribution is -2.55. The number of piperazine rings is 1. The summed E-state index contributed by atoms with van der Waals surface area (Å²) < 4.78 is 14.2. The largest absolute Gasteiger partial charge is 0.352 e. The van der Waals surface area contributed by atoms with Crippen molar-refractivity contribution in [2.24, 2.45) is 0 Å². The Bertz CT molecular complexity index is 1240. The minimum Gasteiger partial charge on any atom is -0.352 e. The lowest BCUT2D eigenvalue weighted by Gasteiger charge is -2.35. The predicted molar refractivity (Wildman–Crippen MR) is 126 cm³/mol. The van der Waals surface area contributed by atoms with E-state index in [1.165, 1.54) is 29.3 Å². The van der Waals surface area contributed by atoms with Crippen LogP contribution in [0.4, 0.5) is 10.1 Å². The molecule has 2 fully saturated rings. The Kier molecular flexibility index (Phi) is 5.96. The first kappa shape index (κ1) is 22.0. The van der Waals surface area contributed by atoms with Crippen LogP contribution >= 0.6 is 0 Å². The van der Waals surface area contributed by atoms with Crippen LogP contribution in [0.5, 0.6) is 0 Å². The molecule has 1 aromatic heterocycles. The number of rotatable bonds is 5. The van der Waals surface area contributed by atoms with E-state index in [9.17, 15) is 18.8 Å². The number of likely N-dealkylation sites (tertiary alicyclic amines) is 1. The van der Waals surface area contributed by atoms with E-state index in [1.807, 2.05) is 30.3 Å². The maximum absolute atomic E-state index is 14.2. The molecule has 3 amide bonds. The van der Waals surface area contributed by atoms with Crippen molar-refractivity contribution in [3.8, 4) is 0 Å². The second-order valence-corrected chi connectivity index (χ2v) is 8.71. The van der Waals surface area contributed by atoms with Crippen LogP contribution < -0.4 is 4.90 Å². The summed E-state index contributed by atoms with van der Waals surface area (Å²) in [6.45, 7) is 1.43. The van der Waals surface area contributed by atoms with Crippen LogP contribution in [0.3, 0.4) is 0 Å². The van der Waals surface area contributed by atoms with E-state index in [1.54, 1.807) is 9.80 Å². The van der Waals surface area contributed by atoms with Gasteiger partial charge in [0.1, 0.15) is 5.82 Å². The molecular formula is C26H25FN4O3. The molecule has 0 atom stereocenters. The Morgan fingerprint density at radius 1 is 0.971 bits per heavy atom. The number of fused-ring (bicyclic) bond motifs is 1. The molecule has 5 rings (SSSR count). The van der Waals surface area contributed by atoms with Gasteiger partial charge in [0.15, 0.2) is 0 Å². The van der Waals surface area contributed by atoms with Gasteiger partial charge in [-0.15, -0.1) is 0 Å². The van der Waals surface area contributed by atoms with Gasteiger partial charge in [-0.25, -0.2) is 4.39 Å². The second kappa shape index (κ2) is 9.21. The van der Waals surface area contributed by atoms with Crippen LogP contribution in [0.2, 0.25) is 0 Å². The van der Waals surface area contributed by atoms with Crippen molar-refractivity contribution in [2.75, 3.05) is 37.6 Å². The minimum absolute atomic E-state index is 0.0730. The molecule has 3 aromatic rings. The molecule has 7 nitrogen and oxygen atoms in total. The van der Waals surface area contributed by atoms with Crippen molar-refractivity contribution in [3.05, 3.63) is 71.7 Å². The SMILES string of the molecule is O=C(c1cnc2ccc(F)cc2c1N1CC(=O)N(CCc2ccccc2)C(=O)C1)N1CCCC1. The second-order valence-electron chi connectivity index (χ2n) is 8.71. The molecule has 174 valence electrons. The van der Waals surface area contributed by atoms with Crippen LogP contribution in [0, 0.1) is 5.82 Å². The Hall–Kier alpha value is -3.81. The van der Waals surface area contributed by atoms with E-state index >= 15 is 0 Å². The number of carbonyl (C=O) groups excluding carboxylic acids is 3. The standard InChI is InChI=1S/C26H25FN4O3/c27-19-8-9-22-20(14-19)25(21(15-28-22)26(34)29-11-4-5-12-29)30-16-23(32)31(24(33)17-30)13-10-18-6-2-1-3-7-18/h1-3,6-9,14-15H,4-5,10-13,16-17H2. The number of carbonyl (C=O) groups is 3. The molecule has 34 heavy (non-hydrogen) atoms. The Morgan fingerprint density at radius 2 is 1.68 bits per heavy atom. The number of amides is 3. The molecule has 0 bridgehead atoms. The summed E-state index contributed by atoms with van der Waals surface area (Å²) in [7, 11) is 0. The van der Waals surface area contributed by atoms with Gasteiger partial charge in [-0.1, -0.05) is 30.3 Å². The summed E-state index contributed by atoms with van der Waals surface area (Å²) in [6, 6.07) is 13.8. The molecule has 8 heteroatoms. The maximum atomic E-state index is 14.2. The summed E-state index contributed by atoms with van der Waals surface area (Å²) >= 11 is 0. The molecule has 0 radical (unpaired) electrons. The lowest BCUT2D eigenvalue weighted by atomic mass is 10.1. The molecule has 2 aliphatic heterocycles. The van der Waals surface area contributed by atoms with E-state index in [0.29, 0.717) is 48.2 Å². The summed E-state index contributed by atoms with van der Waals surface area (Å²) in [5, 5.41) is 0.420. The van der Waals surface area contributed by atoms with Crippen LogP contribution in [0.1, 0.15) is 28.8 Å².